The Morgan fingerprint density at radius 3 is 2.11 bits per heavy atom. The molecule has 0 aromatic heterocycles. The van der Waals surface area contributed by atoms with Gasteiger partial charge in [-0.05, 0) is 36.0 Å². The molecule has 2 atom stereocenters. The van der Waals surface area contributed by atoms with Crippen molar-refractivity contribution < 1.29 is 42.1 Å². The summed E-state index contributed by atoms with van der Waals surface area (Å²) < 4.78 is 42.2. The molecule has 0 saturated carbocycles. The molecular weight excluding hydrogens is 483 g/mol. The number of benzene rings is 1. The van der Waals surface area contributed by atoms with E-state index in [1.54, 1.807) is 25.3 Å². The van der Waals surface area contributed by atoms with Crippen LogP contribution in [0.15, 0.2) is 23.2 Å². The summed E-state index contributed by atoms with van der Waals surface area (Å²) in [5.74, 6) is -1.30. The van der Waals surface area contributed by atoms with Gasteiger partial charge in [0.1, 0.15) is 6.04 Å². The second-order valence-corrected chi connectivity index (χ2v) is 8.56. The molecule has 0 aliphatic heterocycles. The predicted molar refractivity (Wildman–Crippen MR) is 129 cm³/mol. The van der Waals surface area contributed by atoms with Crippen molar-refractivity contribution in [2.75, 3.05) is 14.2 Å². The highest BCUT2D eigenvalue weighted by Crippen LogP contribution is 2.27. The fourth-order valence-corrected chi connectivity index (χ4v) is 2.89. The number of carboxylic acids is 1. The Balaban J connectivity index is 0.00000152. The number of halogens is 3. The van der Waals surface area contributed by atoms with Gasteiger partial charge in [0.25, 0.3) is 0 Å². The van der Waals surface area contributed by atoms with Crippen molar-refractivity contribution in [3.63, 3.8) is 0 Å². The minimum atomic E-state index is -5.08. The third kappa shape index (κ3) is 13.0. The van der Waals surface area contributed by atoms with Gasteiger partial charge >= 0.3 is 12.1 Å². The van der Waals surface area contributed by atoms with E-state index in [0.717, 1.165) is 12.0 Å². The summed E-state index contributed by atoms with van der Waals surface area (Å²) in [5.41, 5.74) is 6.68. The Bertz CT molecular complexity index is 904. The van der Waals surface area contributed by atoms with Gasteiger partial charge in [0, 0.05) is 6.42 Å². The number of nitrogens with zero attached hydrogens (tertiary/aromatic N) is 1. The average molecular weight is 520 g/mol. The van der Waals surface area contributed by atoms with Crippen LogP contribution in [0.1, 0.15) is 52.5 Å². The maximum absolute atomic E-state index is 12.6. The van der Waals surface area contributed by atoms with Gasteiger partial charge in [0.2, 0.25) is 5.91 Å². The quantitative estimate of drug-likeness (QED) is 0.299. The molecule has 12 heteroatoms. The van der Waals surface area contributed by atoms with E-state index < -0.39 is 18.2 Å². The van der Waals surface area contributed by atoms with Crippen LogP contribution in [-0.4, -0.2) is 55.2 Å². The summed E-state index contributed by atoms with van der Waals surface area (Å²) in [4.78, 5) is 38.1. The van der Waals surface area contributed by atoms with Gasteiger partial charge in [0.05, 0.1) is 20.6 Å². The number of alkyl halides is 3. The third-order valence-electron chi connectivity index (χ3n) is 4.93. The first-order valence-corrected chi connectivity index (χ1v) is 11.3. The number of amides is 1. The number of carbonyl (C=O) groups excluding carboxylic acids is 2. The highest BCUT2D eigenvalue weighted by atomic mass is 19.4. The third-order valence-corrected chi connectivity index (χ3v) is 4.93. The molecule has 0 bridgehead atoms. The van der Waals surface area contributed by atoms with Crippen molar-refractivity contribution in [1.29, 1.82) is 0 Å². The first kappa shape index (κ1) is 32.7. The van der Waals surface area contributed by atoms with E-state index >= 15 is 0 Å². The zero-order valence-corrected chi connectivity index (χ0v) is 21.4. The number of aliphatic carboxylic acids is 1. The number of Topliss-reactive ketones (excluding diaryl/α,β-unsaturated/α-hetero) is 1. The molecule has 0 fully saturated rings. The number of rotatable bonds is 11. The molecule has 9 nitrogen and oxygen atoms in total. The maximum Gasteiger partial charge on any atom is 0.490 e. The van der Waals surface area contributed by atoms with Crippen molar-refractivity contribution in [3.8, 4) is 11.5 Å². The van der Waals surface area contributed by atoms with Crippen molar-refractivity contribution in [2.24, 2.45) is 22.6 Å². The smallest absolute Gasteiger partial charge is 0.490 e. The number of hydrogen-bond donors (Lipinski definition) is 3. The van der Waals surface area contributed by atoms with Crippen molar-refractivity contribution >= 4 is 23.6 Å². The summed E-state index contributed by atoms with van der Waals surface area (Å²) >= 11 is 0. The van der Waals surface area contributed by atoms with Crippen LogP contribution in [0.5, 0.6) is 11.5 Å². The molecule has 1 aromatic rings. The molecule has 4 N–H and O–H groups in total. The van der Waals surface area contributed by atoms with Gasteiger partial charge in [-0.3, -0.25) is 14.9 Å². The lowest BCUT2D eigenvalue weighted by molar-refractivity contribution is -0.192. The molecule has 0 radical (unpaired) electrons. The largest absolute Gasteiger partial charge is 0.493 e. The normalized spacial score (nSPS) is 13.2. The lowest BCUT2D eigenvalue weighted by atomic mass is 9.93. The van der Waals surface area contributed by atoms with Gasteiger partial charge in [-0.15, -0.1) is 0 Å². The van der Waals surface area contributed by atoms with Gasteiger partial charge < -0.3 is 20.3 Å². The van der Waals surface area contributed by atoms with Gasteiger partial charge in [0.15, 0.2) is 23.2 Å². The molecule has 1 aromatic carbocycles. The van der Waals surface area contributed by atoms with E-state index in [2.05, 4.69) is 17.2 Å². The van der Waals surface area contributed by atoms with Crippen LogP contribution in [0.25, 0.3) is 0 Å². The standard InChI is InChI=1S/C22H35N3O4.C2HF3O2/c1-7-15(4)11-18(26)17(10-14(2)3)24-22(23)25-21(27)13-16-8-9-19(28-5)20(12-16)29-6;3-2(4,5)1(6)7/h8-9,12,14-15,17H,7,10-11,13H2,1-6H3,(H3,23,24,25,27);(H,6,7)/t15-,17+;/m0./s1. The molecule has 1 rings (SSSR count). The maximum atomic E-state index is 12.6. The van der Waals surface area contributed by atoms with Crippen molar-refractivity contribution in [1.82, 2.24) is 5.32 Å². The summed E-state index contributed by atoms with van der Waals surface area (Å²) in [6.45, 7) is 8.17. The highest BCUT2D eigenvalue weighted by Gasteiger charge is 2.38. The molecule has 36 heavy (non-hydrogen) atoms. The van der Waals surface area contributed by atoms with Gasteiger partial charge in [-0.1, -0.05) is 40.2 Å². The second kappa shape index (κ2) is 15.6. The predicted octanol–water partition coefficient (Wildman–Crippen LogP) is 3.73. The number of carboxylic acid groups (broad SMARTS) is 1. The average Bonchev–Trinajstić information content (AvgIpc) is 2.77. The number of ether oxygens (including phenoxy) is 2. The molecular formula is C24H36F3N3O6. The van der Waals surface area contributed by atoms with Gasteiger partial charge in [-0.25, -0.2) is 9.79 Å². The van der Waals surface area contributed by atoms with Crippen LogP contribution < -0.4 is 20.5 Å². The number of hydrogen-bond acceptors (Lipinski definition) is 6. The van der Waals surface area contributed by atoms with E-state index in [0.29, 0.717) is 36.2 Å². The molecule has 0 unspecified atom stereocenters. The number of ketones is 1. The van der Waals surface area contributed by atoms with E-state index in [1.807, 2.05) is 20.8 Å². The fraction of sp³-hybridized carbons (Fsp3) is 0.583. The molecule has 0 saturated heterocycles. The topological polar surface area (TPSA) is 140 Å². The number of carbonyl (C=O) groups is 3. The zero-order valence-electron chi connectivity index (χ0n) is 21.4. The number of methoxy groups -OCH3 is 2. The van der Waals surface area contributed by atoms with E-state index in [-0.39, 0.29) is 24.1 Å². The number of nitrogens with two attached hydrogens (primary N) is 1. The molecule has 204 valence electrons. The van der Waals surface area contributed by atoms with Gasteiger partial charge in [-0.2, -0.15) is 13.2 Å². The highest BCUT2D eigenvalue weighted by molar-refractivity contribution is 5.98. The van der Waals surface area contributed by atoms with Crippen LogP contribution in [0.3, 0.4) is 0 Å². The summed E-state index contributed by atoms with van der Waals surface area (Å²) in [5, 5.41) is 9.71. The van der Waals surface area contributed by atoms with Crippen LogP contribution in [-0.2, 0) is 20.8 Å². The monoisotopic (exact) mass is 519 g/mol. The Kier molecular flexibility index (Phi) is 14.2. The molecule has 0 spiro atoms. The summed E-state index contributed by atoms with van der Waals surface area (Å²) in [6, 6.07) is 4.73. The van der Waals surface area contributed by atoms with Crippen molar-refractivity contribution in [2.45, 2.75) is 65.6 Å². The molecule has 0 heterocycles. The number of nitrogens with one attached hydrogen (secondary N) is 1. The van der Waals surface area contributed by atoms with E-state index in [1.165, 1.54) is 7.11 Å². The Hall–Kier alpha value is -3.31. The summed E-state index contributed by atoms with van der Waals surface area (Å²) in [6.07, 6.45) is -2.99. The van der Waals surface area contributed by atoms with Crippen LogP contribution in [0, 0.1) is 11.8 Å². The number of guanidine groups is 1. The fourth-order valence-electron chi connectivity index (χ4n) is 2.89. The molecule has 0 aliphatic carbocycles. The SMILES string of the molecule is CC[C@H](C)CC(=O)[C@@H](CC(C)C)N=C(N)NC(=O)Cc1ccc(OC)c(OC)c1.O=C(O)C(F)(F)F. The first-order valence-electron chi connectivity index (χ1n) is 11.3. The Labute approximate surface area is 209 Å². The van der Waals surface area contributed by atoms with Crippen molar-refractivity contribution in [3.05, 3.63) is 23.8 Å². The Morgan fingerprint density at radius 2 is 1.67 bits per heavy atom. The van der Waals surface area contributed by atoms with Crippen LogP contribution in [0.2, 0.25) is 0 Å². The molecule has 0 aliphatic rings. The number of aliphatic imine (C=N–C) groups is 1. The zero-order chi connectivity index (χ0) is 28.1. The van der Waals surface area contributed by atoms with Crippen LogP contribution >= 0.6 is 0 Å². The van der Waals surface area contributed by atoms with Crippen LogP contribution in [0.4, 0.5) is 13.2 Å². The molecule has 1 amide bonds. The lowest BCUT2D eigenvalue weighted by Gasteiger charge is -2.17. The lowest BCUT2D eigenvalue weighted by Crippen LogP contribution is -2.39. The second-order valence-electron chi connectivity index (χ2n) is 8.56. The summed E-state index contributed by atoms with van der Waals surface area (Å²) in [7, 11) is 3.09. The van der Waals surface area contributed by atoms with E-state index in [4.69, 9.17) is 25.1 Å². The van der Waals surface area contributed by atoms with E-state index in [9.17, 15) is 22.8 Å². The Morgan fingerprint density at radius 1 is 1.11 bits per heavy atom. The first-order chi connectivity index (χ1) is 16.6. The minimum Gasteiger partial charge on any atom is -0.493 e. The minimum absolute atomic E-state index is 0.0290.